The molecule has 0 heterocycles. The number of amides is 2. The van der Waals surface area contributed by atoms with E-state index in [0.29, 0.717) is 11.4 Å². The third kappa shape index (κ3) is 5.67. The van der Waals surface area contributed by atoms with Gasteiger partial charge in [0.15, 0.2) is 0 Å². The number of aliphatic hydroxyl groups is 1. The average molecular weight is 307 g/mol. The number of anilines is 1. The molecule has 0 aromatic heterocycles. The molecule has 0 radical (unpaired) electrons. The smallest absolute Gasteiger partial charge is 0.319 e. The van der Waals surface area contributed by atoms with Gasteiger partial charge in [-0.3, -0.25) is 0 Å². The van der Waals surface area contributed by atoms with E-state index in [9.17, 15) is 14.3 Å². The number of benzene rings is 1. The van der Waals surface area contributed by atoms with Crippen LogP contribution in [0.25, 0.3) is 0 Å². The summed E-state index contributed by atoms with van der Waals surface area (Å²) >= 11 is 7.02. The van der Waals surface area contributed by atoms with E-state index in [2.05, 4.69) is 10.6 Å². The number of carbonyl (C=O) groups excluding carboxylic acids is 1. The fraction of sp³-hybridized carbons (Fsp3) is 0.417. The van der Waals surface area contributed by atoms with Gasteiger partial charge in [0.25, 0.3) is 0 Å². The van der Waals surface area contributed by atoms with E-state index in [1.54, 1.807) is 6.92 Å². The van der Waals surface area contributed by atoms with Gasteiger partial charge in [-0.2, -0.15) is 11.8 Å². The normalized spacial score (nSPS) is 13.7. The number of hydrogen-bond acceptors (Lipinski definition) is 3. The topological polar surface area (TPSA) is 61.4 Å². The van der Waals surface area contributed by atoms with Gasteiger partial charge >= 0.3 is 6.03 Å². The first kappa shape index (κ1) is 16.1. The first-order valence-electron chi connectivity index (χ1n) is 5.55. The van der Waals surface area contributed by atoms with Gasteiger partial charge in [0.05, 0.1) is 10.6 Å². The largest absolute Gasteiger partial charge is 0.387 e. The van der Waals surface area contributed by atoms with E-state index in [1.807, 2.05) is 6.26 Å². The number of rotatable bonds is 5. The average Bonchev–Trinajstić information content (AvgIpc) is 2.32. The number of hydrogen-bond donors (Lipinski definition) is 3. The Labute approximate surface area is 120 Å². The Hall–Kier alpha value is -0.980. The fourth-order valence-electron chi connectivity index (χ4n) is 1.38. The van der Waals surface area contributed by atoms with E-state index < -0.39 is 17.4 Å². The van der Waals surface area contributed by atoms with Crippen molar-refractivity contribution in [3.63, 3.8) is 0 Å². The predicted molar refractivity (Wildman–Crippen MR) is 77.4 cm³/mol. The summed E-state index contributed by atoms with van der Waals surface area (Å²) in [7, 11) is 0. The predicted octanol–water partition coefficient (Wildman–Crippen LogP) is 2.71. The summed E-state index contributed by atoms with van der Waals surface area (Å²) < 4.78 is 13.2. The zero-order chi connectivity index (χ0) is 14.5. The van der Waals surface area contributed by atoms with Crippen molar-refractivity contribution < 1.29 is 14.3 Å². The van der Waals surface area contributed by atoms with E-state index >= 15 is 0 Å². The maximum Gasteiger partial charge on any atom is 0.319 e. The molecule has 0 aliphatic rings. The van der Waals surface area contributed by atoms with Crippen molar-refractivity contribution in [1.29, 1.82) is 0 Å². The molecule has 7 heteroatoms. The Bertz CT molecular complexity index is 457. The van der Waals surface area contributed by atoms with Crippen LogP contribution < -0.4 is 10.6 Å². The zero-order valence-electron chi connectivity index (χ0n) is 10.7. The Balaban J connectivity index is 2.49. The van der Waals surface area contributed by atoms with E-state index in [4.69, 9.17) is 11.6 Å². The molecule has 0 aliphatic heterocycles. The van der Waals surface area contributed by atoms with Crippen molar-refractivity contribution >= 4 is 35.1 Å². The molecule has 1 rings (SSSR count). The molecule has 0 bridgehead atoms. The Morgan fingerprint density at radius 3 is 2.84 bits per heavy atom. The summed E-state index contributed by atoms with van der Waals surface area (Å²) in [4.78, 5) is 11.6. The fourth-order valence-corrected chi connectivity index (χ4v) is 2.22. The molecule has 0 aliphatic carbocycles. The third-order valence-corrected chi connectivity index (χ3v) is 3.48. The zero-order valence-corrected chi connectivity index (χ0v) is 12.2. The molecule has 0 saturated heterocycles. The number of thioether (sulfide) groups is 1. The Kier molecular flexibility index (Phi) is 5.90. The van der Waals surface area contributed by atoms with Crippen molar-refractivity contribution in [3.8, 4) is 0 Å². The highest BCUT2D eigenvalue weighted by Crippen LogP contribution is 2.18. The van der Waals surface area contributed by atoms with E-state index in [1.165, 1.54) is 23.9 Å². The van der Waals surface area contributed by atoms with Gasteiger partial charge < -0.3 is 15.7 Å². The van der Waals surface area contributed by atoms with E-state index in [-0.39, 0.29) is 11.6 Å². The van der Waals surface area contributed by atoms with Crippen LogP contribution in [-0.2, 0) is 0 Å². The first-order chi connectivity index (χ1) is 8.84. The molecule has 0 spiro atoms. The highest BCUT2D eigenvalue weighted by atomic mass is 35.5. The molecule has 4 nitrogen and oxygen atoms in total. The van der Waals surface area contributed by atoms with Crippen LogP contribution in [-0.4, -0.2) is 35.3 Å². The standard InChI is InChI=1S/C12H16ClFN2O2S/c1-12(18,7-19-2)6-15-11(17)16-8-3-4-9(13)10(14)5-8/h3-5,18H,6-7H2,1-2H3,(H2,15,16,17)/t12-/m1/s1. The number of halogens is 2. The lowest BCUT2D eigenvalue weighted by molar-refractivity contribution is 0.0876. The minimum Gasteiger partial charge on any atom is -0.387 e. The van der Waals surface area contributed by atoms with Crippen LogP contribution in [0.2, 0.25) is 5.02 Å². The SMILES string of the molecule is CSC[C@](C)(O)CNC(=O)Nc1ccc(Cl)c(F)c1. The minimum absolute atomic E-state index is 0.00568. The van der Waals surface area contributed by atoms with Gasteiger partial charge in [0.1, 0.15) is 5.82 Å². The maximum absolute atomic E-state index is 13.2. The van der Waals surface area contributed by atoms with Crippen molar-refractivity contribution in [2.24, 2.45) is 0 Å². The van der Waals surface area contributed by atoms with Crippen LogP contribution in [0.5, 0.6) is 0 Å². The lowest BCUT2D eigenvalue weighted by atomic mass is 10.1. The first-order valence-corrected chi connectivity index (χ1v) is 7.32. The summed E-state index contributed by atoms with van der Waals surface area (Å²) in [6.45, 7) is 1.74. The lowest BCUT2D eigenvalue weighted by Gasteiger charge is -2.22. The van der Waals surface area contributed by atoms with Crippen LogP contribution in [0.4, 0.5) is 14.9 Å². The molecule has 2 amide bonds. The minimum atomic E-state index is -0.984. The maximum atomic E-state index is 13.2. The Morgan fingerprint density at radius 1 is 1.58 bits per heavy atom. The molecule has 106 valence electrons. The monoisotopic (exact) mass is 306 g/mol. The quantitative estimate of drug-likeness (QED) is 0.784. The van der Waals surface area contributed by atoms with Crippen molar-refractivity contribution in [3.05, 3.63) is 29.0 Å². The molecule has 0 saturated carbocycles. The van der Waals surface area contributed by atoms with Gasteiger partial charge in [0, 0.05) is 18.0 Å². The third-order valence-electron chi connectivity index (χ3n) is 2.26. The lowest BCUT2D eigenvalue weighted by Crippen LogP contribution is -2.43. The summed E-state index contributed by atoms with van der Waals surface area (Å²) in [5.74, 6) is -0.100. The molecular formula is C12H16ClFN2O2S. The summed E-state index contributed by atoms with van der Waals surface area (Å²) in [5.41, 5.74) is -0.689. The molecule has 0 fully saturated rings. The number of nitrogens with one attached hydrogen (secondary N) is 2. The highest BCUT2D eigenvalue weighted by Gasteiger charge is 2.20. The van der Waals surface area contributed by atoms with Gasteiger partial charge in [-0.1, -0.05) is 11.6 Å². The summed E-state index contributed by atoms with van der Waals surface area (Å²) in [6.07, 6.45) is 1.87. The van der Waals surface area contributed by atoms with Crippen molar-refractivity contribution in [1.82, 2.24) is 5.32 Å². The second-order valence-electron chi connectivity index (χ2n) is 4.37. The second kappa shape index (κ2) is 6.98. The molecule has 1 aromatic rings. The van der Waals surface area contributed by atoms with Crippen LogP contribution in [0.1, 0.15) is 6.92 Å². The summed E-state index contributed by atoms with van der Waals surface area (Å²) in [6, 6.07) is 3.46. The number of urea groups is 1. The molecule has 3 N–H and O–H groups in total. The summed E-state index contributed by atoms with van der Waals surface area (Å²) in [5, 5.41) is 14.8. The molecular weight excluding hydrogens is 291 g/mol. The van der Waals surface area contributed by atoms with E-state index in [0.717, 1.165) is 6.07 Å². The van der Waals surface area contributed by atoms with Gasteiger partial charge in [-0.05, 0) is 31.4 Å². The van der Waals surface area contributed by atoms with Crippen molar-refractivity contribution in [2.75, 3.05) is 23.9 Å². The van der Waals surface area contributed by atoms with Gasteiger partial charge in [-0.25, -0.2) is 9.18 Å². The molecule has 1 aromatic carbocycles. The van der Waals surface area contributed by atoms with Crippen LogP contribution in [0.3, 0.4) is 0 Å². The van der Waals surface area contributed by atoms with Gasteiger partial charge in [-0.15, -0.1) is 0 Å². The molecule has 1 atom stereocenters. The van der Waals surface area contributed by atoms with Crippen LogP contribution >= 0.6 is 23.4 Å². The second-order valence-corrected chi connectivity index (χ2v) is 5.64. The van der Waals surface area contributed by atoms with Crippen LogP contribution in [0, 0.1) is 5.82 Å². The van der Waals surface area contributed by atoms with Crippen LogP contribution in [0.15, 0.2) is 18.2 Å². The highest BCUT2D eigenvalue weighted by molar-refractivity contribution is 7.98. The van der Waals surface area contributed by atoms with Gasteiger partial charge in [0.2, 0.25) is 0 Å². The Morgan fingerprint density at radius 2 is 2.26 bits per heavy atom. The van der Waals surface area contributed by atoms with Crippen molar-refractivity contribution in [2.45, 2.75) is 12.5 Å². The molecule has 19 heavy (non-hydrogen) atoms. The molecule has 0 unspecified atom stereocenters. The number of carbonyl (C=O) groups is 1.